The van der Waals surface area contributed by atoms with Gasteiger partial charge in [-0.2, -0.15) is 5.26 Å². The summed E-state index contributed by atoms with van der Waals surface area (Å²) in [5.41, 5.74) is 2.18. The second kappa shape index (κ2) is 7.59. The van der Waals surface area contributed by atoms with E-state index in [-0.39, 0.29) is 6.29 Å². The second-order valence-electron chi connectivity index (χ2n) is 3.65. The summed E-state index contributed by atoms with van der Waals surface area (Å²) in [6, 6.07) is 3.91. The predicted molar refractivity (Wildman–Crippen MR) is 69.8 cm³/mol. The summed E-state index contributed by atoms with van der Waals surface area (Å²) in [6.07, 6.45) is 5.04. The first-order valence-electron chi connectivity index (χ1n) is 5.99. The molecule has 1 aromatic rings. The molecule has 0 aliphatic rings. The maximum absolute atomic E-state index is 8.93. The lowest BCUT2D eigenvalue weighted by Gasteiger charge is -2.12. The highest BCUT2D eigenvalue weighted by atomic mass is 16.7. The van der Waals surface area contributed by atoms with Gasteiger partial charge in [0, 0.05) is 19.4 Å². The van der Waals surface area contributed by atoms with Crippen LogP contribution >= 0.6 is 0 Å². The number of ether oxygens (including phenoxy) is 2. The average Bonchev–Trinajstić information content (AvgIpc) is 2.38. The van der Waals surface area contributed by atoms with Crippen molar-refractivity contribution in [3.05, 3.63) is 35.2 Å². The molecule has 0 bridgehead atoms. The maximum Gasteiger partial charge on any atom is 0.177 e. The second-order valence-corrected chi connectivity index (χ2v) is 3.65. The van der Waals surface area contributed by atoms with Gasteiger partial charge in [-0.3, -0.25) is 4.98 Å². The van der Waals surface area contributed by atoms with Gasteiger partial charge in [-0.05, 0) is 38.5 Å². The van der Waals surface area contributed by atoms with Crippen molar-refractivity contribution in [3.63, 3.8) is 0 Å². The molecule has 96 valence electrons. The Hall–Kier alpha value is -1.70. The van der Waals surface area contributed by atoms with E-state index in [1.807, 2.05) is 32.9 Å². The summed E-state index contributed by atoms with van der Waals surface area (Å²) in [5, 5.41) is 8.93. The van der Waals surface area contributed by atoms with Gasteiger partial charge in [0.15, 0.2) is 6.29 Å². The van der Waals surface area contributed by atoms with E-state index in [1.54, 1.807) is 12.3 Å². The highest BCUT2D eigenvalue weighted by Gasteiger charge is 2.03. The summed E-state index contributed by atoms with van der Waals surface area (Å²) in [6.45, 7) is 6.83. The van der Waals surface area contributed by atoms with E-state index in [4.69, 9.17) is 14.7 Å². The van der Waals surface area contributed by atoms with Crippen molar-refractivity contribution in [1.29, 1.82) is 5.26 Å². The molecule has 1 rings (SSSR count). The van der Waals surface area contributed by atoms with Gasteiger partial charge in [0.05, 0.1) is 11.3 Å². The van der Waals surface area contributed by atoms with Gasteiger partial charge in [-0.25, -0.2) is 0 Å². The third kappa shape index (κ3) is 4.28. The Morgan fingerprint density at radius 2 is 2.06 bits per heavy atom. The number of aromatic nitrogens is 1. The fourth-order valence-electron chi connectivity index (χ4n) is 1.43. The molecule has 4 heteroatoms. The first-order valence-corrected chi connectivity index (χ1v) is 5.99. The van der Waals surface area contributed by atoms with Gasteiger partial charge in [0.2, 0.25) is 0 Å². The summed E-state index contributed by atoms with van der Waals surface area (Å²) >= 11 is 0. The van der Waals surface area contributed by atoms with E-state index >= 15 is 0 Å². The van der Waals surface area contributed by atoms with Crippen molar-refractivity contribution >= 4 is 6.08 Å². The summed E-state index contributed by atoms with van der Waals surface area (Å²) in [4.78, 5) is 4.16. The SMILES string of the molecule is CCOC(/C=C/c1cnc(C)c(C#N)c1)OCC. The number of hydrogen-bond acceptors (Lipinski definition) is 4. The maximum atomic E-state index is 8.93. The molecule has 0 saturated carbocycles. The molecule has 0 amide bonds. The minimum Gasteiger partial charge on any atom is -0.349 e. The summed E-state index contributed by atoms with van der Waals surface area (Å²) < 4.78 is 10.8. The van der Waals surface area contributed by atoms with Crippen molar-refractivity contribution in [3.8, 4) is 6.07 Å². The molecule has 1 aromatic heterocycles. The zero-order valence-electron chi connectivity index (χ0n) is 11.0. The van der Waals surface area contributed by atoms with Crippen LogP contribution in [0.15, 0.2) is 18.3 Å². The van der Waals surface area contributed by atoms with Crippen LogP contribution in [0.5, 0.6) is 0 Å². The van der Waals surface area contributed by atoms with Crippen LogP contribution < -0.4 is 0 Å². The van der Waals surface area contributed by atoms with Crippen LogP contribution in [0.4, 0.5) is 0 Å². The number of aryl methyl sites for hydroxylation is 1. The molecular formula is C14H18N2O2. The van der Waals surface area contributed by atoms with Crippen molar-refractivity contribution < 1.29 is 9.47 Å². The van der Waals surface area contributed by atoms with E-state index in [0.717, 1.165) is 11.3 Å². The molecule has 18 heavy (non-hydrogen) atoms. The van der Waals surface area contributed by atoms with E-state index < -0.39 is 0 Å². The monoisotopic (exact) mass is 246 g/mol. The van der Waals surface area contributed by atoms with Crippen LogP contribution in [-0.4, -0.2) is 24.5 Å². The smallest absolute Gasteiger partial charge is 0.177 e. The average molecular weight is 246 g/mol. The molecule has 0 aliphatic heterocycles. The summed E-state index contributed by atoms with van der Waals surface area (Å²) in [5.74, 6) is 0. The number of rotatable bonds is 6. The fraction of sp³-hybridized carbons (Fsp3) is 0.429. The molecule has 0 radical (unpaired) electrons. The lowest BCUT2D eigenvalue weighted by molar-refractivity contribution is -0.103. The first-order chi connectivity index (χ1) is 8.71. The quantitative estimate of drug-likeness (QED) is 0.724. The molecule has 0 unspecified atom stereocenters. The van der Waals surface area contributed by atoms with Crippen LogP contribution in [0.3, 0.4) is 0 Å². The third-order valence-electron chi connectivity index (χ3n) is 2.34. The van der Waals surface area contributed by atoms with Crippen LogP contribution in [0.2, 0.25) is 0 Å². The molecule has 0 aliphatic carbocycles. The van der Waals surface area contributed by atoms with Crippen LogP contribution in [0.1, 0.15) is 30.7 Å². The fourth-order valence-corrected chi connectivity index (χ4v) is 1.43. The Morgan fingerprint density at radius 3 is 2.61 bits per heavy atom. The Bertz CT molecular complexity index is 444. The van der Waals surface area contributed by atoms with Crippen LogP contribution in [0, 0.1) is 18.3 Å². The summed E-state index contributed by atoms with van der Waals surface area (Å²) in [7, 11) is 0. The van der Waals surface area contributed by atoms with Crippen molar-refractivity contribution in [2.75, 3.05) is 13.2 Å². The number of pyridine rings is 1. The highest BCUT2D eigenvalue weighted by molar-refractivity contribution is 5.52. The van der Waals surface area contributed by atoms with Gasteiger partial charge >= 0.3 is 0 Å². The topological polar surface area (TPSA) is 55.1 Å². The van der Waals surface area contributed by atoms with E-state index in [1.165, 1.54) is 0 Å². The van der Waals surface area contributed by atoms with Gasteiger partial charge in [0.25, 0.3) is 0 Å². The molecule has 1 heterocycles. The van der Waals surface area contributed by atoms with Gasteiger partial charge in [-0.1, -0.05) is 6.08 Å². The van der Waals surface area contributed by atoms with E-state index in [9.17, 15) is 0 Å². The largest absolute Gasteiger partial charge is 0.349 e. The number of nitriles is 1. The molecule has 0 N–H and O–H groups in total. The Balaban J connectivity index is 2.79. The zero-order valence-corrected chi connectivity index (χ0v) is 11.0. The molecular weight excluding hydrogens is 228 g/mol. The van der Waals surface area contributed by atoms with Gasteiger partial charge < -0.3 is 9.47 Å². The van der Waals surface area contributed by atoms with Gasteiger partial charge in [-0.15, -0.1) is 0 Å². The number of hydrogen-bond donors (Lipinski definition) is 0. The Kier molecular flexibility index (Phi) is 6.06. The number of nitrogens with zero attached hydrogens (tertiary/aromatic N) is 2. The normalized spacial score (nSPS) is 11.1. The minimum absolute atomic E-state index is 0.355. The van der Waals surface area contributed by atoms with Crippen LogP contribution in [0.25, 0.3) is 6.08 Å². The van der Waals surface area contributed by atoms with E-state index in [0.29, 0.717) is 18.8 Å². The van der Waals surface area contributed by atoms with Crippen molar-refractivity contribution in [2.45, 2.75) is 27.1 Å². The molecule has 0 atom stereocenters. The minimum atomic E-state index is -0.355. The standard InChI is InChI=1S/C14H18N2O2/c1-4-17-14(18-5-2)7-6-12-8-13(9-15)11(3)16-10-12/h6-8,10,14H,4-5H2,1-3H3/b7-6+. The lowest BCUT2D eigenvalue weighted by atomic mass is 10.1. The zero-order chi connectivity index (χ0) is 13.4. The van der Waals surface area contributed by atoms with E-state index in [2.05, 4.69) is 11.1 Å². The lowest BCUT2D eigenvalue weighted by Crippen LogP contribution is -2.13. The molecule has 0 spiro atoms. The molecule has 4 nitrogen and oxygen atoms in total. The molecule has 0 fully saturated rings. The van der Waals surface area contributed by atoms with Gasteiger partial charge in [0.1, 0.15) is 6.07 Å². The molecule has 0 aromatic carbocycles. The third-order valence-corrected chi connectivity index (χ3v) is 2.34. The Morgan fingerprint density at radius 1 is 1.39 bits per heavy atom. The van der Waals surface area contributed by atoms with Crippen molar-refractivity contribution in [2.24, 2.45) is 0 Å². The van der Waals surface area contributed by atoms with Crippen molar-refractivity contribution in [1.82, 2.24) is 4.98 Å². The molecule has 0 saturated heterocycles. The Labute approximate surface area is 108 Å². The highest BCUT2D eigenvalue weighted by Crippen LogP contribution is 2.09. The predicted octanol–water partition coefficient (Wildman–Crippen LogP) is 2.67. The van der Waals surface area contributed by atoms with Crippen LogP contribution in [-0.2, 0) is 9.47 Å². The first kappa shape index (κ1) is 14.4.